The molecule has 21 heavy (non-hydrogen) atoms. The predicted molar refractivity (Wildman–Crippen MR) is 86.2 cm³/mol. The van der Waals surface area contributed by atoms with E-state index in [-0.39, 0.29) is 0 Å². The van der Waals surface area contributed by atoms with Gasteiger partial charge in [0.25, 0.3) is 0 Å². The van der Waals surface area contributed by atoms with Crippen LogP contribution in [0.1, 0.15) is 16.7 Å². The van der Waals surface area contributed by atoms with Gasteiger partial charge in [-0.25, -0.2) is 0 Å². The fourth-order valence-corrected chi connectivity index (χ4v) is 2.14. The molecule has 2 aromatic carbocycles. The third-order valence-electron chi connectivity index (χ3n) is 3.34. The molecule has 0 amide bonds. The molecule has 0 unspecified atom stereocenters. The summed E-state index contributed by atoms with van der Waals surface area (Å²) in [7, 11) is 4.99. The van der Waals surface area contributed by atoms with Crippen LogP contribution < -0.4 is 14.2 Å². The summed E-state index contributed by atoms with van der Waals surface area (Å²) >= 11 is 0. The van der Waals surface area contributed by atoms with Crippen LogP contribution in [0.15, 0.2) is 36.4 Å². The molecule has 3 heteroatoms. The second kappa shape index (κ2) is 6.84. The summed E-state index contributed by atoms with van der Waals surface area (Å²) in [6.07, 6.45) is 4.06. The Morgan fingerprint density at radius 1 is 0.762 bits per heavy atom. The lowest BCUT2D eigenvalue weighted by Crippen LogP contribution is -1.93. The fourth-order valence-electron chi connectivity index (χ4n) is 2.14. The molecule has 0 fully saturated rings. The second-order valence-electron chi connectivity index (χ2n) is 4.66. The first-order chi connectivity index (χ1) is 10.2. The van der Waals surface area contributed by atoms with E-state index < -0.39 is 0 Å². The lowest BCUT2D eigenvalue weighted by Gasteiger charge is -2.11. The van der Waals surface area contributed by atoms with Gasteiger partial charge in [-0.15, -0.1) is 0 Å². The first-order valence-corrected chi connectivity index (χ1v) is 6.72. The molecular weight excluding hydrogens is 264 g/mol. The third-order valence-corrected chi connectivity index (χ3v) is 3.34. The van der Waals surface area contributed by atoms with Crippen LogP contribution in [-0.4, -0.2) is 21.3 Å². The van der Waals surface area contributed by atoms with Crippen molar-refractivity contribution in [2.75, 3.05) is 21.3 Å². The summed E-state index contributed by atoms with van der Waals surface area (Å²) < 4.78 is 16.0. The van der Waals surface area contributed by atoms with E-state index in [9.17, 15) is 0 Å². The van der Waals surface area contributed by atoms with Crippen molar-refractivity contribution in [3.8, 4) is 17.2 Å². The Morgan fingerprint density at radius 2 is 1.38 bits per heavy atom. The van der Waals surface area contributed by atoms with E-state index >= 15 is 0 Å². The van der Waals surface area contributed by atoms with Crippen molar-refractivity contribution in [1.29, 1.82) is 0 Å². The molecule has 0 aromatic heterocycles. The molecule has 110 valence electrons. The normalized spacial score (nSPS) is 10.7. The summed E-state index contributed by atoms with van der Waals surface area (Å²) in [5, 5.41) is 0. The Bertz CT molecular complexity index is 620. The molecule has 0 aliphatic rings. The summed E-state index contributed by atoms with van der Waals surface area (Å²) in [6.45, 7) is 1.98. The summed E-state index contributed by atoms with van der Waals surface area (Å²) in [5.41, 5.74) is 3.10. The van der Waals surface area contributed by atoms with E-state index in [1.165, 1.54) is 0 Å². The smallest absolute Gasteiger partial charge is 0.126 e. The number of ether oxygens (including phenoxy) is 3. The molecule has 0 saturated carbocycles. The van der Waals surface area contributed by atoms with Crippen LogP contribution in [0.5, 0.6) is 17.2 Å². The molecule has 0 aliphatic carbocycles. The molecule has 0 heterocycles. The van der Waals surface area contributed by atoms with E-state index in [4.69, 9.17) is 14.2 Å². The summed E-state index contributed by atoms with van der Waals surface area (Å²) in [6, 6.07) is 11.9. The van der Waals surface area contributed by atoms with Crippen molar-refractivity contribution in [2.24, 2.45) is 0 Å². The van der Waals surface area contributed by atoms with Crippen LogP contribution >= 0.6 is 0 Å². The highest BCUT2D eigenvalue weighted by Crippen LogP contribution is 2.30. The fraction of sp³-hybridized carbons (Fsp3) is 0.222. The van der Waals surface area contributed by atoms with Crippen molar-refractivity contribution in [1.82, 2.24) is 0 Å². The number of rotatable bonds is 5. The van der Waals surface area contributed by atoms with Crippen molar-refractivity contribution in [3.05, 3.63) is 53.1 Å². The molecule has 2 rings (SSSR count). The molecular formula is C18H20O3. The molecule has 3 nitrogen and oxygen atoms in total. The van der Waals surface area contributed by atoms with Gasteiger partial charge in [0.15, 0.2) is 0 Å². The van der Waals surface area contributed by atoms with E-state index in [0.29, 0.717) is 0 Å². The van der Waals surface area contributed by atoms with Gasteiger partial charge in [0, 0.05) is 5.56 Å². The Balaban J connectivity index is 2.31. The molecule has 0 spiro atoms. The maximum Gasteiger partial charge on any atom is 0.126 e. The van der Waals surface area contributed by atoms with Crippen LogP contribution in [0.25, 0.3) is 12.2 Å². The summed E-state index contributed by atoms with van der Waals surface area (Å²) in [4.78, 5) is 0. The van der Waals surface area contributed by atoms with Gasteiger partial charge in [0.05, 0.1) is 21.3 Å². The first kappa shape index (κ1) is 15.0. The average molecular weight is 284 g/mol. The van der Waals surface area contributed by atoms with Crippen LogP contribution in [0.4, 0.5) is 0 Å². The first-order valence-electron chi connectivity index (χ1n) is 6.72. The minimum Gasteiger partial charge on any atom is -0.497 e. The van der Waals surface area contributed by atoms with Gasteiger partial charge in [-0.05, 0) is 42.3 Å². The van der Waals surface area contributed by atoms with Crippen molar-refractivity contribution in [2.45, 2.75) is 6.92 Å². The Morgan fingerprint density at radius 3 is 1.95 bits per heavy atom. The number of methoxy groups -OCH3 is 3. The average Bonchev–Trinajstić information content (AvgIpc) is 2.54. The lowest BCUT2D eigenvalue weighted by atomic mass is 10.1. The van der Waals surface area contributed by atoms with Gasteiger partial charge in [-0.2, -0.15) is 0 Å². The molecule has 0 N–H and O–H groups in total. The van der Waals surface area contributed by atoms with E-state index in [2.05, 4.69) is 0 Å². The van der Waals surface area contributed by atoms with Crippen LogP contribution in [-0.2, 0) is 0 Å². The zero-order chi connectivity index (χ0) is 15.2. The predicted octanol–water partition coefficient (Wildman–Crippen LogP) is 4.19. The molecule has 0 saturated heterocycles. The maximum absolute atomic E-state index is 5.38. The topological polar surface area (TPSA) is 27.7 Å². The largest absolute Gasteiger partial charge is 0.497 e. The highest BCUT2D eigenvalue weighted by molar-refractivity contribution is 5.72. The van der Waals surface area contributed by atoms with E-state index in [0.717, 1.165) is 33.9 Å². The standard InChI is InChI=1S/C18H20O3/c1-13-17(20-3)11-15(12-18(13)21-4)9-8-14-6-5-7-16(10-14)19-2/h5-12H,1-4H3. The maximum atomic E-state index is 5.38. The zero-order valence-electron chi connectivity index (χ0n) is 12.8. The van der Waals surface area contributed by atoms with Crippen molar-refractivity contribution in [3.63, 3.8) is 0 Å². The van der Waals surface area contributed by atoms with Gasteiger partial charge >= 0.3 is 0 Å². The number of benzene rings is 2. The molecule has 0 bridgehead atoms. The molecule has 0 radical (unpaired) electrons. The third kappa shape index (κ3) is 3.57. The highest BCUT2D eigenvalue weighted by atomic mass is 16.5. The van der Waals surface area contributed by atoms with Gasteiger partial charge in [-0.3, -0.25) is 0 Å². The Kier molecular flexibility index (Phi) is 4.88. The van der Waals surface area contributed by atoms with Gasteiger partial charge in [-0.1, -0.05) is 24.3 Å². The zero-order valence-corrected chi connectivity index (χ0v) is 12.8. The monoisotopic (exact) mass is 284 g/mol. The van der Waals surface area contributed by atoms with Crippen LogP contribution in [0, 0.1) is 6.92 Å². The minimum atomic E-state index is 0.819. The molecule has 0 aliphatic heterocycles. The quantitative estimate of drug-likeness (QED) is 0.770. The lowest BCUT2D eigenvalue weighted by molar-refractivity contribution is 0.388. The Labute approximate surface area is 125 Å². The summed E-state index contributed by atoms with van der Waals surface area (Å²) in [5.74, 6) is 2.48. The minimum absolute atomic E-state index is 0.819. The van der Waals surface area contributed by atoms with Gasteiger partial charge in [0.2, 0.25) is 0 Å². The van der Waals surface area contributed by atoms with Crippen molar-refractivity contribution >= 4 is 12.2 Å². The molecule has 2 aromatic rings. The second-order valence-corrected chi connectivity index (χ2v) is 4.66. The van der Waals surface area contributed by atoms with Crippen molar-refractivity contribution < 1.29 is 14.2 Å². The molecule has 0 atom stereocenters. The van der Waals surface area contributed by atoms with E-state index in [1.807, 2.05) is 55.5 Å². The Hall–Kier alpha value is -2.42. The van der Waals surface area contributed by atoms with Gasteiger partial charge in [0.1, 0.15) is 17.2 Å². The number of hydrogen-bond donors (Lipinski definition) is 0. The van der Waals surface area contributed by atoms with Crippen LogP contribution in [0.2, 0.25) is 0 Å². The van der Waals surface area contributed by atoms with Gasteiger partial charge < -0.3 is 14.2 Å². The van der Waals surface area contributed by atoms with Crippen LogP contribution in [0.3, 0.4) is 0 Å². The highest BCUT2D eigenvalue weighted by Gasteiger charge is 2.06. The SMILES string of the molecule is COc1cccc(C=Cc2cc(OC)c(C)c(OC)c2)c1. The number of hydrogen-bond acceptors (Lipinski definition) is 3. The van der Waals surface area contributed by atoms with E-state index in [1.54, 1.807) is 21.3 Å².